The first-order valence-corrected chi connectivity index (χ1v) is 7.92. The van der Waals surface area contributed by atoms with Crippen LogP contribution < -0.4 is 10.6 Å². The van der Waals surface area contributed by atoms with E-state index in [1.54, 1.807) is 24.3 Å². The Morgan fingerprint density at radius 3 is 2.60 bits per heavy atom. The lowest BCUT2D eigenvalue weighted by molar-refractivity contribution is -0.137. The van der Waals surface area contributed by atoms with E-state index in [0.29, 0.717) is 10.8 Å². The molecule has 1 heterocycles. The number of aromatic nitrogens is 2. The summed E-state index contributed by atoms with van der Waals surface area (Å²) in [6.45, 7) is 0. The molecule has 3 rings (SSSR count). The number of rotatable bonds is 4. The molecular weight excluding hydrogens is 353 g/mol. The lowest BCUT2D eigenvalue weighted by atomic mass is 10.1. The van der Waals surface area contributed by atoms with Crippen LogP contribution >= 0.6 is 11.3 Å². The van der Waals surface area contributed by atoms with Gasteiger partial charge in [-0.15, -0.1) is 10.2 Å². The van der Waals surface area contributed by atoms with Crippen molar-refractivity contribution in [2.45, 2.75) is 6.18 Å². The number of hydrogen-bond acceptors (Lipinski definition) is 5. The Kier molecular flexibility index (Phi) is 4.66. The number of nitrogens with zero attached hydrogens (tertiary/aromatic N) is 2. The van der Waals surface area contributed by atoms with Gasteiger partial charge in [-0.05, 0) is 30.3 Å². The van der Waals surface area contributed by atoms with E-state index in [2.05, 4.69) is 20.8 Å². The number of halogens is 3. The maximum absolute atomic E-state index is 12.8. The second-order valence-electron chi connectivity index (χ2n) is 4.95. The van der Waals surface area contributed by atoms with Crippen LogP contribution in [0.25, 0.3) is 0 Å². The number of carbonyl (C=O) groups is 1. The second-order valence-corrected chi connectivity index (χ2v) is 5.78. The second kappa shape index (κ2) is 6.89. The minimum Gasteiger partial charge on any atom is -0.355 e. The number of nitrogens with one attached hydrogen (secondary N) is 2. The summed E-state index contributed by atoms with van der Waals surface area (Å²) in [5.74, 6) is -0.438. The van der Waals surface area contributed by atoms with Gasteiger partial charge < -0.3 is 5.32 Å². The van der Waals surface area contributed by atoms with Gasteiger partial charge in [-0.25, -0.2) is 0 Å². The van der Waals surface area contributed by atoms with E-state index >= 15 is 0 Å². The zero-order chi connectivity index (χ0) is 17.9. The van der Waals surface area contributed by atoms with Gasteiger partial charge in [0.1, 0.15) is 5.51 Å². The van der Waals surface area contributed by atoms with Gasteiger partial charge in [-0.3, -0.25) is 10.1 Å². The first kappa shape index (κ1) is 16.9. The molecule has 25 heavy (non-hydrogen) atoms. The van der Waals surface area contributed by atoms with Crippen LogP contribution in [-0.2, 0) is 6.18 Å². The van der Waals surface area contributed by atoms with Crippen molar-refractivity contribution in [1.29, 1.82) is 0 Å². The third kappa shape index (κ3) is 4.13. The molecule has 0 atom stereocenters. The predicted octanol–water partition coefficient (Wildman–Crippen LogP) is 4.55. The molecule has 1 amide bonds. The van der Waals surface area contributed by atoms with Crippen LogP contribution in [-0.4, -0.2) is 16.1 Å². The van der Waals surface area contributed by atoms with Crippen molar-refractivity contribution in [3.05, 3.63) is 65.2 Å². The third-order valence-corrected chi connectivity index (χ3v) is 3.83. The fourth-order valence-electron chi connectivity index (χ4n) is 2.11. The summed E-state index contributed by atoms with van der Waals surface area (Å²) in [5.41, 5.74) is 1.58. The molecule has 0 saturated heterocycles. The molecule has 0 radical (unpaired) electrons. The molecule has 0 bridgehead atoms. The third-order valence-electron chi connectivity index (χ3n) is 3.22. The summed E-state index contributed by atoms with van der Waals surface area (Å²) in [6.07, 6.45) is -4.44. The highest BCUT2D eigenvalue weighted by Crippen LogP contribution is 2.32. The van der Waals surface area contributed by atoms with Gasteiger partial charge in [0.25, 0.3) is 5.91 Å². The molecule has 0 fully saturated rings. The van der Waals surface area contributed by atoms with Crippen LogP contribution in [0.5, 0.6) is 0 Å². The monoisotopic (exact) mass is 364 g/mol. The van der Waals surface area contributed by atoms with Crippen molar-refractivity contribution in [1.82, 2.24) is 10.2 Å². The van der Waals surface area contributed by atoms with Crippen LogP contribution in [0, 0.1) is 0 Å². The van der Waals surface area contributed by atoms with Gasteiger partial charge in [0.2, 0.25) is 5.13 Å². The predicted molar refractivity (Wildman–Crippen MR) is 89.0 cm³/mol. The van der Waals surface area contributed by atoms with Crippen molar-refractivity contribution >= 4 is 33.8 Å². The van der Waals surface area contributed by atoms with Crippen molar-refractivity contribution < 1.29 is 18.0 Å². The van der Waals surface area contributed by atoms with E-state index in [0.717, 1.165) is 23.5 Å². The molecule has 128 valence electrons. The van der Waals surface area contributed by atoms with Gasteiger partial charge in [0.15, 0.2) is 0 Å². The summed E-state index contributed by atoms with van der Waals surface area (Å²) in [7, 11) is 0. The van der Waals surface area contributed by atoms with E-state index < -0.39 is 17.6 Å². The van der Waals surface area contributed by atoms with Crippen LogP contribution in [0.2, 0.25) is 0 Å². The van der Waals surface area contributed by atoms with E-state index in [-0.39, 0.29) is 11.3 Å². The number of benzene rings is 2. The summed E-state index contributed by atoms with van der Waals surface area (Å²) in [5, 5.41) is 13.1. The van der Waals surface area contributed by atoms with E-state index in [1.807, 2.05) is 0 Å². The highest BCUT2D eigenvalue weighted by Gasteiger charge is 2.30. The average Bonchev–Trinajstić information content (AvgIpc) is 3.08. The Balaban J connectivity index is 1.85. The molecule has 5 nitrogen and oxygen atoms in total. The van der Waals surface area contributed by atoms with Crippen molar-refractivity contribution in [2.75, 3.05) is 10.6 Å². The van der Waals surface area contributed by atoms with E-state index in [4.69, 9.17) is 0 Å². The minimum absolute atomic E-state index is 0.228. The Hall–Kier alpha value is -2.94. The Morgan fingerprint density at radius 2 is 1.88 bits per heavy atom. The molecule has 0 unspecified atom stereocenters. The SMILES string of the molecule is O=C(Nc1nncs1)c1ccccc1Nc1cccc(C(F)(F)F)c1. The molecule has 2 aromatic carbocycles. The molecule has 0 aliphatic carbocycles. The van der Waals surface area contributed by atoms with Gasteiger partial charge >= 0.3 is 6.18 Å². The number of alkyl halides is 3. The number of para-hydroxylation sites is 1. The zero-order valence-corrected chi connectivity index (χ0v) is 13.4. The average molecular weight is 364 g/mol. The quantitative estimate of drug-likeness (QED) is 0.713. The molecule has 0 spiro atoms. The molecule has 0 saturated carbocycles. The summed E-state index contributed by atoms with van der Waals surface area (Å²) < 4.78 is 38.5. The Bertz CT molecular complexity index is 881. The van der Waals surface area contributed by atoms with E-state index in [9.17, 15) is 18.0 Å². The van der Waals surface area contributed by atoms with E-state index in [1.165, 1.54) is 17.6 Å². The maximum Gasteiger partial charge on any atom is 0.416 e. The van der Waals surface area contributed by atoms with Crippen LogP contribution in [0.15, 0.2) is 54.0 Å². The molecule has 2 N–H and O–H groups in total. The smallest absolute Gasteiger partial charge is 0.355 e. The van der Waals surface area contributed by atoms with Gasteiger partial charge in [-0.2, -0.15) is 13.2 Å². The van der Waals surface area contributed by atoms with Gasteiger partial charge in [-0.1, -0.05) is 29.5 Å². The molecule has 1 aromatic heterocycles. The van der Waals surface area contributed by atoms with Crippen LogP contribution in [0.1, 0.15) is 15.9 Å². The first-order valence-electron chi connectivity index (χ1n) is 7.04. The fraction of sp³-hybridized carbons (Fsp3) is 0.0625. The summed E-state index contributed by atoms with van der Waals surface area (Å²) in [6, 6.07) is 11.3. The fourth-order valence-corrected chi connectivity index (χ4v) is 2.55. The molecule has 3 aromatic rings. The van der Waals surface area contributed by atoms with Crippen LogP contribution in [0.3, 0.4) is 0 Å². The Morgan fingerprint density at radius 1 is 1.08 bits per heavy atom. The molecule has 9 heteroatoms. The minimum atomic E-state index is -4.44. The Labute approximate surface area is 144 Å². The first-order chi connectivity index (χ1) is 11.9. The maximum atomic E-state index is 12.8. The van der Waals surface area contributed by atoms with Crippen molar-refractivity contribution in [3.8, 4) is 0 Å². The number of anilines is 3. The standard InChI is InChI=1S/C16H11F3N4OS/c17-16(18,19)10-4-3-5-11(8-10)21-13-7-2-1-6-12(13)14(24)22-15-23-20-9-25-15/h1-9,21H,(H,22,23,24). The van der Waals surface area contributed by atoms with Crippen molar-refractivity contribution in [3.63, 3.8) is 0 Å². The van der Waals surface area contributed by atoms with Gasteiger partial charge in [0, 0.05) is 5.69 Å². The summed E-state index contributed by atoms with van der Waals surface area (Å²) in [4.78, 5) is 12.4. The largest absolute Gasteiger partial charge is 0.416 e. The highest BCUT2D eigenvalue weighted by molar-refractivity contribution is 7.13. The number of carbonyl (C=O) groups excluding carboxylic acids is 1. The van der Waals surface area contributed by atoms with Gasteiger partial charge in [0.05, 0.1) is 16.8 Å². The normalized spacial score (nSPS) is 11.2. The molecular formula is C16H11F3N4OS. The van der Waals surface area contributed by atoms with Crippen molar-refractivity contribution in [2.24, 2.45) is 0 Å². The lowest BCUT2D eigenvalue weighted by Crippen LogP contribution is -2.14. The topological polar surface area (TPSA) is 66.9 Å². The number of hydrogen-bond donors (Lipinski definition) is 2. The number of amides is 1. The van der Waals surface area contributed by atoms with Crippen LogP contribution in [0.4, 0.5) is 29.7 Å². The lowest BCUT2D eigenvalue weighted by Gasteiger charge is -2.13. The molecule has 0 aliphatic heterocycles. The molecule has 0 aliphatic rings. The summed E-state index contributed by atoms with van der Waals surface area (Å²) >= 11 is 1.16. The zero-order valence-electron chi connectivity index (χ0n) is 12.5. The highest BCUT2D eigenvalue weighted by atomic mass is 32.1.